The van der Waals surface area contributed by atoms with Crippen LogP contribution in [0.3, 0.4) is 0 Å². The molecule has 0 saturated heterocycles. The molecular formula is C16H21BrN2O2. The summed E-state index contributed by atoms with van der Waals surface area (Å²) in [6, 6.07) is 4.40. The number of benzene rings is 1. The van der Waals surface area contributed by atoms with Crippen molar-refractivity contribution in [1.82, 2.24) is 5.32 Å². The highest BCUT2D eigenvalue weighted by Gasteiger charge is 2.25. The lowest BCUT2D eigenvalue weighted by Gasteiger charge is -2.25. The quantitative estimate of drug-likeness (QED) is 0.878. The molecule has 114 valence electrons. The van der Waals surface area contributed by atoms with Crippen molar-refractivity contribution < 1.29 is 9.53 Å². The van der Waals surface area contributed by atoms with E-state index in [-0.39, 0.29) is 17.9 Å². The molecule has 1 aromatic rings. The van der Waals surface area contributed by atoms with Crippen LogP contribution in [0, 0.1) is 5.92 Å². The summed E-state index contributed by atoms with van der Waals surface area (Å²) in [5.74, 6) is 1.21. The molecule has 1 saturated carbocycles. The molecule has 0 atom stereocenters. The summed E-state index contributed by atoms with van der Waals surface area (Å²) >= 11 is 3.52. The van der Waals surface area contributed by atoms with E-state index in [2.05, 4.69) is 27.3 Å². The van der Waals surface area contributed by atoms with Gasteiger partial charge in [0.25, 0.3) is 0 Å². The number of carbonyl (C=O) groups excluding carboxylic acids is 1. The van der Waals surface area contributed by atoms with Crippen molar-refractivity contribution in [2.45, 2.75) is 44.7 Å². The summed E-state index contributed by atoms with van der Waals surface area (Å²) in [6.07, 6.45) is 4.65. The average Bonchev–Trinajstić information content (AvgIpc) is 2.93. The van der Waals surface area contributed by atoms with Gasteiger partial charge in [0.2, 0.25) is 5.91 Å². The van der Waals surface area contributed by atoms with Gasteiger partial charge >= 0.3 is 0 Å². The highest BCUT2D eigenvalue weighted by Crippen LogP contribution is 2.33. The van der Waals surface area contributed by atoms with Gasteiger partial charge in [-0.3, -0.25) is 4.79 Å². The van der Waals surface area contributed by atoms with Gasteiger partial charge in [-0.2, -0.15) is 0 Å². The van der Waals surface area contributed by atoms with E-state index in [1.54, 1.807) is 0 Å². The van der Waals surface area contributed by atoms with E-state index in [0.717, 1.165) is 54.5 Å². The zero-order valence-corrected chi connectivity index (χ0v) is 13.6. The molecule has 1 heterocycles. The van der Waals surface area contributed by atoms with E-state index in [1.165, 1.54) is 5.56 Å². The molecule has 0 bridgehead atoms. The van der Waals surface area contributed by atoms with Crippen molar-refractivity contribution in [2.24, 2.45) is 11.7 Å². The topological polar surface area (TPSA) is 64.4 Å². The second-order valence-corrected chi connectivity index (χ2v) is 6.90. The first kappa shape index (κ1) is 14.9. The van der Waals surface area contributed by atoms with E-state index in [9.17, 15) is 4.79 Å². The maximum atomic E-state index is 12.3. The fraction of sp³-hybridized carbons (Fsp3) is 0.562. The SMILES string of the molecule is NC1CCC(C(=O)NCc2cc(Br)cc3c2OCC3)CC1. The smallest absolute Gasteiger partial charge is 0.223 e. The lowest BCUT2D eigenvalue weighted by molar-refractivity contribution is -0.126. The Morgan fingerprint density at radius 3 is 2.86 bits per heavy atom. The summed E-state index contributed by atoms with van der Waals surface area (Å²) in [4.78, 5) is 12.3. The third-order valence-corrected chi connectivity index (χ3v) is 4.88. The average molecular weight is 353 g/mol. The Morgan fingerprint density at radius 1 is 1.33 bits per heavy atom. The molecule has 1 aromatic carbocycles. The molecule has 5 heteroatoms. The maximum Gasteiger partial charge on any atom is 0.223 e. The summed E-state index contributed by atoms with van der Waals surface area (Å²) < 4.78 is 6.73. The van der Waals surface area contributed by atoms with Crippen LogP contribution in [0.5, 0.6) is 5.75 Å². The molecule has 0 unspecified atom stereocenters. The minimum absolute atomic E-state index is 0.117. The van der Waals surface area contributed by atoms with Crippen LogP contribution in [0.4, 0.5) is 0 Å². The number of fused-ring (bicyclic) bond motifs is 1. The normalized spacial score (nSPS) is 24.3. The Kier molecular flexibility index (Phi) is 4.50. The first-order chi connectivity index (χ1) is 10.1. The molecule has 1 amide bonds. The van der Waals surface area contributed by atoms with Gasteiger partial charge in [0.05, 0.1) is 6.61 Å². The Labute approximate surface area is 133 Å². The summed E-state index contributed by atoms with van der Waals surface area (Å²) in [5.41, 5.74) is 8.16. The van der Waals surface area contributed by atoms with E-state index < -0.39 is 0 Å². The molecule has 1 aliphatic carbocycles. The van der Waals surface area contributed by atoms with Crippen molar-refractivity contribution >= 4 is 21.8 Å². The second kappa shape index (κ2) is 6.36. The van der Waals surface area contributed by atoms with Crippen LogP contribution in [-0.4, -0.2) is 18.6 Å². The first-order valence-electron chi connectivity index (χ1n) is 7.61. The molecule has 0 radical (unpaired) electrons. The molecule has 0 spiro atoms. The molecule has 1 fully saturated rings. The third kappa shape index (κ3) is 3.40. The van der Waals surface area contributed by atoms with Crippen LogP contribution >= 0.6 is 15.9 Å². The van der Waals surface area contributed by atoms with Crippen molar-refractivity contribution in [3.63, 3.8) is 0 Å². The predicted molar refractivity (Wildman–Crippen MR) is 85.1 cm³/mol. The van der Waals surface area contributed by atoms with Gasteiger partial charge in [-0.05, 0) is 43.4 Å². The predicted octanol–water partition coefficient (Wildman–Crippen LogP) is 2.52. The first-order valence-corrected chi connectivity index (χ1v) is 8.40. The van der Waals surface area contributed by atoms with E-state index in [0.29, 0.717) is 6.54 Å². The summed E-state index contributed by atoms with van der Waals surface area (Å²) in [6.45, 7) is 1.26. The van der Waals surface area contributed by atoms with Crippen LogP contribution in [0.1, 0.15) is 36.8 Å². The Bertz CT molecular complexity index is 539. The van der Waals surface area contributed by atoms with E-state index in [1.807, 2.05) is 6.07 Å². The minimum Gasteiger partial charge on any atom is -0.493 e. The van der Waals surface area contributed by atoms with Gasteiger partial charge in [-0.15, -0.1) is 0 Å². The standard InChI is InChI=1S/C16H21BrN2O2/c17-13-7-11-5-6-21-15(11)12(8-13)9-19-16(20)10-1-3-14(18)4-2-10/h7-8,10,14H,1-6,9,18H2,(H,19,20). The largest absolute Gasteiger partial charge is 0.493 e. The van der Waals surface area contributed by atoms with Crippen molar-refractivity contribution in [3.8, 4) is 5.75 Å². The Morgan fingerprint density at radius 2 is 2.10 bits per heavy atom. The fourth-order valence-electron chi connectivity index (χ4n) is 3.19. The number of hydrogen-bond donors (Lipinski definition) is 2. The highest BCUT2D eigenvalue weighted by atomic mass is 79.9. The van der Waals surface area contributed by atoms with Crippen molar-refractivity contribution in [1.29, 1.82) is 0 Å². The Hall–Kier alpha value is -1.07. The van der Waals surface area contributed by atoms with Gasteiger partial charge in [0, 0.05) is 35.0 Å². The molecule has 21 heavy (non-hydrogen) atoms. The van der Waals surface area contributed by atoms with Gasteiger partial charge in [0.1, 0.15) is 5.75 Å². The molecule has 2 aliphatic rings. The third-order valence-electron chi connectivity index (χ3n) is 4.42. The van der Waals surface area contributed by atoms with Crippen LogP contribution in [0.25, 0.3) is 0 Å². The van der Waals surface area contributed by atoms with Gasteiger partial charge in [0.15, 0.2) is 0 Å². The summed E-state index contributed by atoms with van der Waals surface area (Å²) in [5, 5.41) is 3.06. The summed E-state index contributed by atoms with van der Waals surface area (Å²) in [7, 11) is 0. The number of hydrogen-bond acceptors (Lipinski definition) is 3. The van der Waals surface area contributed by atoms with Gasteiger partial charge in [-0.1, -0.05) is 15.9 Å². The van der Waals surface area contributed by atoms with E-state index >= 15 is 0 Å². The molecule has 3 N–H and O–H groups in total. The zero-order valence-electron chi connectivity index (χ0n) is 12.0. The molecule has 4 nitrogen and oxygen atoms in total. The molecule has 3 rings (SSSR count). The highest BCUT2D eigenvalue weighted by molar-refractivity contribution is 9.10. The van der Waals surface area contributed by atoms with Crippen LogP contribution in [0.15, 0.2) is 16.6 Å². The van der Waals surface area contributed by atoms with Crippen LogP contribution in [0.2, 0.25) is 0 Å². The zero-order chi connectivity index (χ0) is 14.8. The molecular weight excluding hydrogens is 332 g/mol. The molecule has 0 aromatic heterocycles. The number of carbonyl (C=O) groups is 1. The lowest BCUT2D eigenvalue weighted by atomic mass is 9.86. The number of halogens is 1. The number of nitrogens with one attached hydrogen (secondary N) is 1. The molecule has 1 aliphatic heterocycles. The Balaban J connectivity index is 1.62. The van der Waals surface area contributed by atoms with Gasteiger partial charge in [-0.25, -0.2) is 0 Å². The lowest BCUT2D eigenvalue weighted by Crippen LogP contribution is -2.36. The van der Waals surface area contributed by atoms with E-state index in [4.69, 9.17) is 10.5 Å². The number of nitrogens with two attached hydrogens (primary N) is 1. The minimum atomic E-state index is 0.117. The number of rotatable bonds is 3. The van der Waals surface area contributed by atoms with Gasteiger partial charge < -0.3 is 15.8 Å². The number of amides is 1. The van der Waals surface area contributed by atoms with Crippen molar-refractivity contribution in [3.05, 3.63) is 27.7 Å². The van der Waals surface area contributed by atoms with Crippen molar-refractivity contribution in [2.75, 3.05) is 6.61 Å². The second-order valence-electron chi connectivity index (χ2n) is 5.98. The monoisotopic (exact) mass is 352 g/mol. The van der Waals surface area contributed by atoms with Crippen LogP contribution in [-0.2, 0) is 17.8 Å². The fourth-order valence-corrected chi connectivity index (χ4v) is 3.74. The van der Waals surface area contributed by atoms with Crippen LogP contribution < -0.4 is 15.8 Å². The maximum absolute atomic E-state index is 12.3. The number of ether oxygens (including phenoxy) is 1.